The molecule has 4 saturated carbocycles. The van der Waals surface area contributed by atoms with Gasteiger partial charge >= 0.3 is 0 Å². The van der Waals surface area contributed by atoms with Crippen LogP contribution >= 0.6 is 0 Å². The van der Waals surface area contributed by atoms with Gasteiger partial charge < -0.3 is 5.32 Å². The number of rotatable bonds is 4. The maximum Gasteiger partial charge on any atom is 0.238 e. The van der Waals surface area contributed by atoms with Crippen LogP contribution in [0, 0.1) is 17.3 Å². The molecule has 6 heteroatoms. The predicted molar refractivity (Wildman–Crippen MR) is 112 cm³/mol. The molecule has 0 saturated heterocycles. The molecular formula is C23H26N2O3S. The third kappa shape index (κ3) is 3.19. The van der Waals surface area contributed by atoms with E-state index in [0.717, 1.165) is 19.3 Å². The maximum atomic E-state index is 13.5. The van der Waals surface area contributed by atoms with Gasteiger partial charge in [-0.3, -0.25) is 4.79 Å². The summed E-state index contributed by atoms with van der Waals surface area (Å²) in [5.74, 6) is 1.29. The van der Waals surface area contributed by atoms with E-state index in [-0.39, 0.29) is 21.6 Å². The van der Waals surface area contributed by atoms with E-state index in [1.54, 1.807) is 12.1 Å². The maximum absolute atomic E-state index is 13.5. The first-order valence-corrected chi connectivity index (χ1v) is 11.8. The van der Waals surface area contributed by atoms with Gasteiger partial charge in [-0.05, 0) is 85.6 Å². The lowest BCUT2D eigenvalue weighted by atomic mass is 9.42. The molecule has 0 spiro atoms. The highest BCUT2D eigenvalue weighted by Gasteiger charge is 2.60. The average Bonchev–Trinajstić information content (AvgIpc) is 2.67. The molecule has 0 radical (unpaired) electrons. The van der Waals surface area contributed by atoms with Gasteiger partial charge in [-0.25, -0.2) is 13.6 Å². The highest BCUT2D eigenvalue weighted by atomic mass is 32.2. The summed E-state index contributed by atoms with van der Waals surface area (Å²) in [5.41, 5.74) is 1.77. The van der Waals surface area contributed by atoms with Crippen molar-refractivity contribution in [3.8, 4) is 0 Å². The number of hydrogen-bond donors (Lipinski definition) is 2. The lowest BCUT2D eigenvalue weighted by molar-refractivity contribution is -0.143. The van der Waals surface area contributed by atoms with E-state index in [0.29, 0.717) is 17.5 Å². The van der Waals surface area contributed by atoms with Crippen LogP contribution in [0.2, 0.25) is 0 Å². The van der Waals surface area contributed by atoms with Gasteiger partial charge in [0.05, 0.1) is 10.3 Å². The molecule has 0 aromatic heterocycles. The van der Waals surface area contributed by atoms with Gasteiger partial charge in [-0.2, -0.15) is 0 Å². The summed E-state index contributed by atoms with van der Waals surface area (Å²) < 4.78 is 22.9. The minimum absolute atomic E-state index is 0.0494. The molecule has 0 heterocycles. The molecule has 4 fully saturated rings. The summed E-state index contributed by atoms with van der Waals surface area (Å²) in [4.78, 5) is 13.5. The standard InChI is InChI=1S/C23H26N2O3S/c24-29(27,28)20-8-6-19(7-9-20)25-21(26)23-13-16-10-17(14-23)12-22(11-16,15-23)18-4-2-1-3-5-18/h1-9,16-17H,10-15H2,(H,25,26)(H2,24,27,28)/t16-,17-,22?,23?/m0/s1. The molecular weight excluding hydrogens is 384 g/mol. The van der Waals surface area contributed by atoms with Crippen LogP contribution in [0.1, 0.15) is 44.1 Å². The number of carbonyl (C=O) groups is 1. The molecule has 1 amide bonds. The molecule has 0 aliphatic heterocycles. The van der Waals surface area contributed by atoms with Gasteiger partial charge in [0, 0.05) is 5.69 Å². The van der Waals surface area contributed by atoms with Crippen LogP contribution in [-0.2, 0) is 20.2 Å². The van der Waals surface area contributed by atoms with E-state index in [2.05, 4.69) is 35.6 Å². The predicted octanol–water partition coefficient (Wildman–Crippen LogP) is 3.81. The van der Waals surface area contributed by atoms with Crippen LogP contribution < -0.4 is 10.5 Å². The number of carbonyl (C=O) groups excluding carboxylic acids is 1. The number of benzene rings is 2. The zero-order valence-corrected chi connectivity index (χ0v) is 17.1. The Bertz CT molecular complexity index is 1030. The van der Waals surface area contributed by atoms with E-state index in [1.807, 2.05) is 0 Å². The first-order valence-electron chi connectivity index (χ1n) is 10.3. The van der Waals surface area contributed by atoms with Crippen molar-refractivity contribution in [3.63, 3.8) is 0 Å². The second kappa shape index (κ2) is 6.41. The van der Waals surface area contributed by atoms with Gasteiger partial charge in [0.2, 0.25) is 15.9 Å². The number of sulfonamides is 1. The fourth-order valence-corrected chi connectivity index (χ4v) is 7.16. The zero-order valence-electron chi connectivity index (χ0n) is 16.3. The summed E-state index contributed by atoms with van der Waals surface area (Å²) in [6.45, 7) is 0. The van der Waals surface area contributed by atoms with Crippen molar-refractivity contribution in [1.82, 2.24) is 0 Å². The minimum Gasteiger partial charge on any atom is -0.326 e. The Kier molecular flexibility index (Phi) is 4.16. The molecule has 152 valence electrons. The zero-order chi connectivity index (χ0) is 20.3. The van der Waals surface area contributed by atoms with Crippen LogP contribution in [0.15, 0.2) is 59.5 Å². The fraction of sp³-hybridized carbons (Fsp3) is 0.435. The molecule has 6 rings (SSSR count). The summed E-state index contributed by atoms with van der Waals surface area (Å²) in [6.07, 6.45) is 6.43. The fourth-order valence-electron chi connectivity index (χ4n) is 6.65. The van der Waals surface area contributed by atoms with Crippen LogP contribution in [0.5, 0.6) is 0 Å². The third-order valence-corrected chi connectivity index (χ3v) is 8.30. The quantitative estimate of drug-likeness (QED) is 0.803. The Morgan fingerprint density at radius 3 is 2.14 bits per heavy atom. The Morgan fingerprint density at radius 2 is 1.55 bits per heavy atom. The van der Waals surface area contributed by atoms with Gasteiger partial charge in [0.1, 0.15) is 0 Å². The number of nitrogens with one attached hydrogen (secondary N) is 1. The molecule has 4 bridgehead atoms. The molecule has 4 aliphatic rings. The van der Waals surface area contributed by atoms with Crippen LogP contribution in [0.25, 0.3) is 0 Å². The van der Waals surface area contributed by atoms with Gasteiger partial charge in [0.15, 0.2) is 0 Å². The number of anilines is 1. The van der Waals surface area contributed by atoms with Crippen molar-refractivity contribution in [2.75, 3.05) is 5.32 Å². The van der Waals surface area contributed by atoms with Gasteiger partial charge in [-0.1, -0.05) is 30.3 Å². The van der Waals surface area contributed by atoms with Gasteiger partial charge in [-0.15, -0.1) is 0 Å². The SMILES string of the molecule is NS(=O)(=O)c1ccc(NC(=O)C23C[C@H]4C[C@H](C2)CC(c2ccccc2)(C4)C3)cc1. The Balaban J connectivity index is 1.42. The Morgan fingerprint density at radius 1 is 0.931 bits per heavy atom. The Labute approximate surface area is 171 Å². The van der Waals surface area contributed by atoms with Crippen LogP contribution in [0.3, 0.4) is 0 Å². The van der Waals surface area contributed by atoms with Crippen molar-refractivity contribution < 1.29 is 13.2 Å². The van der Waals surface area contributed by atoms with Crippen molar-refractivity contribution in [1.29, 1.82) is 0 Å². The molecule has 29 heavy (non-hydrogen) atoms. The first-order chi connectivity index (χ1) is 13.8. The highest BCUT2D eigenvalue weighted by molar-refractivity contribution is 7.89. The second-order valence-electron chi connectivity index (χ2n) is 9.41. The number of amides is 1. The average molecular weight is 411 g/mol. The monoisotopic (exact) mass is 410 g/mol. The van der Waals surface area contributed by atoms with Crippen LogP contribution in [0.4, 0.5) is 5.69 Å². The summed E-state index contributed by atoms with van der Waals surface area (Å²) in [6, 6.07) is 16.8. The van der Waals surface area contributed by atoms with E-state index in [4.69, 9.17) is 5.14 Å². The molecule has 3 N–H and O–H groups in total. The normalized spacial score (nSPS) is 32.9. The molecule has 2 aromatic carbocycles. The minimum atomic E-state index is -3.74. The van der Waals surface area contributed by atoms with Crippen molar-refractivity contribution in [2.45, 2.75) is 48.8 Å². The van der Waals surface area contributed by atoms with Crippen molar-refractivity contribution in [2.24, 2.45) is 22.4 Å². The molecule has 4 aliphatic carbocycles. The Hall–Kier alpha value is -2.18. The summed E-state index contributed by atoms with van der Waals surface area (Å²) in [5, 5.41) is 8.24. The first kappa shape index (κ1) is 18.8. The molecule has 2 aromatic rings. The lowest BCUT2D eigenvalue weighted by Crippen LogP contribution is -2.57. The molecule has 5 nitrogen and oxygen atoms in total. The third-order valence-electron chi connectivity index (χ3n) is 7.37. The largest absolute Gasteiger partial charge is 0.326 e. The van der Waals surface area contributed by atoms with Crippen molar-refractivity contribution >= 4 is 21.6 Å². The molecule has 2 atom stereocenters. The summed E-state index contributed by atoms with van der Waals surface area (Å²) in [7, 11) is -3.74. The number of hydrogen-bond acceptors (Lipinski definition) is 3. The second-order valence-corrected chi connectivity index (χ2v) is 11.0. The van der Waals surface area contributed by atoms with E-state index >= 15 is 0 Å². The summed E-state index contributed by atoms with van der Waals surface area (Å²) >= 11 is 0. The highest BCUT2D eigenvalue weighted by Crippen LogP contribution is 2.65. The number of nitrogens with two attached hydrogens (primary N) is 1. The number of primary sulfonamides is 1. The topological polar surface area (TPSA) is 89.3 Å². The van der Waals surface area contributed by atoms with Gasteiger partial charge in [0.25, 0.3) is 0 Å². The van der Waals surface area contributed by atoms with Crippen molar-refractivity contribution in [3.05, 3.63) is 60.2 Å². The molecule has 0 unspecified atom stereocenters. The lowest BCUT2D eigenvalue weighted by Gasteiger charge is -2.61. The van der Waals surface area contributed by atoms with E-state index in [9.17, 15) is 13.2 Å². The van der Waals surface area contributed by atoms with E-state index < -0.39 is 10.0 Å². The smallest absolute Gasteiger partial charge is 0.238 e. The van der Waals surface area contributed by atoms with Crippen LogP contribution in [-0.4, -0.2) is 14.3 Å². The van der Waals surface area contributed by atoms with E-state index in [1.165, 1.54) is 37.0 Å².